The number of nitrogens with two attached hydrogens (primary N) is 1. The van der Waals surface area contributed by atoms with Gasteiger partial charge in [0.05, 0.1) is 12.9 Å². The molecule has 3 N–H and O–H groups in total. The minimum Gasteiger partial charge on any atom is -0.489 e. The van der Waals surface area contributed by atoms with Crippen LogP contribution < -0.4 is 15.8 Å². The number of halogens is 1. The highest BCUT2D eigenvalue weighted by Gasteiger charge is 2.12. The maximum absolute atomic E-state index is 6.23. The second kappa shape index (κ2) is 9.39. The number of imidazole rings is 1. The first-order chi connectivity index (χ1) is 13.1. The molecule has 1 heterocycles. The molecule has 0 saturated carbocycles. The van der Waals surface area contributed by atoms with E-state index in [9.17, 15) is 0 Å². The van der Waals surface area contributed by atoms with Crippen LogP contribution in [-0.2, 0) is 13.0 Å². The number of nitrogens with zero attached hydrogens (tertiary/aromatic N) is 2. The second-order valence-corrected chi connectivity index (χ2v) is 7.05. The summed E-state index contributed by atoms with van der Waals surface area (Å²) in [7, 11) is 0. The van der Waals surface area contributed by atoms with Crippen molar-refractivity contribution in [1.29, 1.82) is 0 Å². The second-order valence-electron chi connectivity index (χ2n) is 6.18. The van der Waals surface area contributed by atoms with Gasteiger partial charge in [-0.05, 0) is 67.0 Å². The Bertz CT molecular complexity index is 851. The van der Waals surface area contributed by atoms with Crippen LogP contribution in [-0.4, -0.2) is 20.8 Å². The van der Waals surface area contributed by atoms with Gasteiger partial charge in [-0.1, -0.05) is 23.7 Å². The lowest BCUT2D eigenvalue weighted by Gasteiger charge is -2.20. The summed E-state index contributed by atoms with van der Waals surface area (Å²) in [4.78, 5) is 4.11. The van der Waals surface area contributed by atoms with Gasteiger partial charge in [0.1, 0.15) is 11.9 Å². The normalized spacial score (nSPS) is 11.7. The third-order valence-corrected chi connectivity index (χ3v) is 4.42. The van der Waals surface area contributed by atoms with Gasteiger partial charge in [0.2, 0.25) is 0 Å². The van der Waals surface area contributed by atoms with Gasteiger partial charge >= 0.3 is 0 Å². The minimum absolute atomic E-state index is 0.00396. The van der Waals surface area contributed by atoms with Gasteiger partial charge in [-0.2, -0.15) is 0 Å². The molecule has 0 aliphatic heterocycles. The molecule has 5 nitrogen and oxygen atoms in total. The van der Waals surface area contributed by atoms with E-state index in [1.807, 2.05) is 59.3 Å². The third kappa shape index (κ3) is 6.27. The van der Waals surface area contributed by atoms with Crippen molar-refractivity contribution >= 4 is 34.6 Å². The van der Waals surface area contributed by atoms with Crippen LogP contribution in [0.4, 0.5) is 5.69 Å². The quantitative estimate of drug-likeness (QED) is 0.553. The molecule has 27 heavy (non-hydrogen) atoms. The van der Waals surface area contributed by atoms with E-state index in [0.29, 0.717) is 0 Å². The molecule has 1 atom stereocenters. The molecule has 3 rings (SSSR count). The van der Waals surface area contributed by atoms with Gasteiger partial charge < -0.3 is 20.4 Å². The van der Waals surface area contributed by atoms with Gasteiger partial charge in [-0.25, -0.2) is 4.98 Å². The summed E-state index contributed by atoms with van der Waals surface area (Å²) in [6.07, 6.45) is 7.28. The zero-order valence-electron chi connectivity index (χ0n) is 14.7. The molecule has 7 heteroatoms. The molecule has 0 bridgehead atoms. The van der Waals surface area contributed by atoms with Crippen LogP contribution in [0.15, 0.2) is 67.3 Å². The summed E-state index contributed by atoms with van der Waals surface area (Å²) in [6, 6.07) is 15.5. The molecule has 0 aliphatic rings. The number of ether oxygens (including phenoxy) is 1. The summed E-state index contributed by atoms with van der Waals surface area (Å²) in [5.74, 6) is 0.796. The van der Waals surface area contributed by atoms with E-state index in [-0.39, 0.29) is 11.2 Å². The average Bonchev–Trinajstić information content (AvgIpc) is 3.15. The molecular formula is C20H21ClN4OS. The number of benzene rings is 2. The number of hydrogen-bond acceptors (Lipinski definition) is 3. The molecular weight excluding hydrogens is 380 g/mol. The first kappa shape index (κ1) is 19.2. The van der Waals surface area contributed by atoms with Crippen LogP contribution in [0.3, 0.4) is 0 Å². The zero-order valence-corrected chi connectivity index (χ0v) is 16.3. The van der Waals surface area contributed by atoms with Crippen molar-refractivity contribution in [2.75, 3.05) is 5.32 Å². The molecule has 0 fully saturated rings. The Balaban J connectivity index is 1.65. The van der Waals surface area contributed by atoms with Crippen molar-refractivity contribution in [3.8, 4) is 5.75 Å². The summed E-state index contributed by atoms with van der Waals surface area (Å²) in [5, 5.41) is 3.89. The first-order valence-corrected chi connectivity index (χ1v) is 9.40. The summed E-state index contributed by atoms with van der Waals surface area (Å²) >= 11 is 10.8. The number of nitrogens with one attached hydrogen (secondary N) is 1. The lowest BCUT2D eigenvalue weighted by molar-refractivity contribution is 0.170. The largest absolute Gasteiger partial charge is 0.489 e. The van der Waals surface area contributed by atoms with Gasteiger partial charge in [0, 0.05) is 23.1 Å². The fourth-order valence-electron chi connectivity index (χ4n) is 2.75. The van der Waals surface area contributed by atoms with Crippen molar-refractivity contribution in [3.63, 3.8) is 0 Å². The highest BCUT2D eigenvalue weighted by Crippen LogP contribution is 2.20. The molecule has 1 unspecified atom stereocenters. The standard InChI is InChI=1S/C20H21ClN4OS/c21-16-4-1-15(2-5-16)3-8-19(13-25-12-11-23-14-25)26-18-9-6-17(7-10-18)24-20(22)27/h1-2,4-7,9-12,14,19H,3,8,13H2,(H3,22,24,27). The fraction of sp³-hybridized carbons (Fsp3) is 0.200. The number of thiocarbonyl (C=S) groups is 1. The SMILES string of the molecule is NC(=S)Nc1ccc(OC(CCc2ccc(Cl)cc2)Cn2ccnc2)cc1. The Morgan fingerprint density at radius 2 is 1.93 bits per heavy atom. The highest BCUT2D eigenvalue weighted by atomic mass is 35.5. The van der Waals surface area contributed by atoms with Gasteiger partial charge in [0.25, 0.3) is 0 Å². The van der Waals surface area contributed by atoms with E-state index in [1.165, 1.54) is 5.56 Å². The van der Waals surface area contributed by atoms with Crippen LogP contribution in [0, 0.1) is 0 Å². The predicted molar refractivity (Wildman–Crippen MR) is 113 cm³/mol. The Hall–Kier alpha value is -2.57. The van der Waals surface area contributed by atoms with E-state index >= 15 is 0 Å². The van der Waals surface area contributed by atoms with Crippen molar-refractivity contribution < 1.29 is 4.74 Å². The van der Waals surface area contributed by atoms with Crippen molar-refractivity contribution in [3.05, 3.63) is 77.8 Å². The maximum Gasteiger partial charge on any atom is 0.168 e. The Kier molecular flexibility index (Phi) is 6.68. The summed E-state index contributed by atoms with van der Waals surface area (Å²) < 4.78 is 8.25. The number of rotatable bonds is 8. The lowest BCUT2D eigenvalue weighted by Crippen LogP contribution is -2.23. The van der Waals surface area contributed by atoms with E-state index in [1.54, 1.807) is 12.5 Å². The molecule has 2 aromatic carbocycles. The van der Waals surface area contributed by atoms with Gasteiger partial charge in [-0.15, -0.1) is 0 Å². The minimum atomic E-state index is 0.00396. The maximum atomic E-state index is 6.23. The van der Waals surface area contributed by atoms with Crippen molar-refractivity contribution in [2.45, 2.75) is 25.5 Å². The Labute approximate surface area is 169 Å². The molecule has 0 radical (unpaired) electrons. The van der Waals surface area contributed by atoms with Crippen LogP contribution in [0.5, 0.6) is 5.75 Å². The highest BCUT2D eigenvalue weighted by molar-refractivity contribution is 7.80. The van der Waals surface area contributed by atoms with E-state index in [0.717, 1.165) is 35.8 Å². The smallest absolute Gasteiger partial charge is 0.168 e. The van der Waals surface area contributed by atoms with Crippen LogP contribution in [0.2, 0.25) is 5.02 Å². The zero-order chi connectivity index (χ0) is 19.1. The number of hydrogen-bond donors (Lipinski definition) is 2. The molecule has 140 valence electrons. The van der Waals surface area contributed by atoms with E-state index in [2.05, 4.69) is 10.3 Å². The lowest BCUT2D eigenvalue weighted by atomic mass is 10.1. The molecule has 0 amide bonds. The fourth-order valence-corrected chi connectivity index (χ4v) is 2.99. The average molecular weight is 401 g/mol. The monoisotopic (exact) mass is 400 g/mol. The Morgan fingerprint density at radius 3 is 2.56 bits per heavy atom. The summed E-state index contributed by atoms with van der Waals surface area (Å²) in [5.41, 5.74) is 7.56. The van der Waals surface area contributed by atoms with Crippen LogP contribution >= 0.6 is 23.8 Å². The molecule has 3 aromatic rings. The number of aromatic nitrogens is 2. The molecule has 0 aliphatic carbocycles. The molecule has 1 aromatic heterocycles. The van der Waals surface area contributed by atoms with Crippen LogP contribution in [0.25, 0.3) is 0 Å². The van der Waals surface area contributed by atoms with Gasteiger partial charge in [-0.3, -0.25) is 0 Å². The van der Waals surface area contributed by atoms with Crippen molar-refractivity contribution in [2.24, 2.45) is 5.73 Å². The molecule has 0 spiro atoms. The van der Waals surface area contributed by atoms with E-state index < -0.39 is 0 Å². The third-order valence-electron chi connectivity index (χ3n) is 4.07. The first-order valence-electron chi connectivity index (χ1n) is 8.62. The number of anilines is 1. The van der Waals surface area contributed by atoms with E-state index in [4.69, 9.17) is 34.3 Å². The van der Waals surface area contributed by atoms with Crippen molar-refractivity contribution in [1.82, 2.24) is 9.55 Å². The topological polar surface area (TPSA) is 65.1 Å². The number of aryl methyl sites for hydroxylation is 1. The molecule has 0 saturated heterocycles. The Morgan fingerprint density at radius 1 is 1.19 bits per heavy atom. The van der Waals surface area contributed by atoms with Crippen LogP contribution in [0.1, 0.15) is 12.0 Å². The predicted octanol–water partition coefficient (Wildman–Crippen LogP) is 4.27. The van der Waals surface area contributed by atoms with Gasteiger partial charge in [0.15, 0.2) is 5.11 Å². The summed E-state index contributed by atoms with van der Waals surface area (Å²) in [6.45, 7) is 0.723.